The summed E-state index contributed by atoms with van der Waals surface area (Å²) in [5, 5.41) is 3.08. The number of rotatable bonds is 11. The molecule has 0 unspecified atom stereocenters. The first-order valence-corrected chi connectivity index (χ1v) is 12.7. The topological polar surface area (TPSA) is 58.6 Å². The van der Waals surface area contributed by atoms with Gasteiger partial charge in [-0.1, -0.05) is 77.5 Å². The highest BCUT2D eigenvalue weighted by Crippen LogP contribution is 2.19. The van der Waals surface area contributed by atoms with E-state index in [1.165, 1.54) is 0 Å². The van der Waals surface area contributed by atoms with E-state index < -0.39 is 6.04 Å². The van der Waals surface area contributed by atoms with Crippen molar-refractivity contribution in [3.63, 3.8) is 0 Å². The van der Waals surface area contributed by atoms with Crippen molar-refractivity contribution in [1.29, 1.82) is 0 Å². The minimum Gasteiger partial charge on any atom is -0.484 e. The molecule has 1 N–H and O–H groups in total. The van der Waals surface area contributed by atoms with Crippen LogP contribution in [0.15, 0.2) is 83.3 Å². The van der Waals surface area contributed by atoms with Crippen LogP contribution in [0.25, 0.3) is 0 Å². The summed E-state index contributed by atoms with van der Waals surface area (Å²) < 4.78 is 6.76. The molecule has 2 amide bonds. The quantitative estimate of drug-likeness (QED) is 0.342. The second-order valence-corrected chi connectivity index (χ2v) is 9.70. The molecule has 35 heavy (non-hydrogen) atoms. The van der Waals surface area contributed by atoms with Crippen LogP contribution in [0, 0.1) is 6.92 Å². The molecule has 0 aliphatic rings. The van der Waals surface area contributed by atoms with Crippen LogP contribution in [0.5, 0.6) is 5.75 Å². The monoisotopic (exact) mass is 536 g/mol. The predicted molar refractivity (Wildman–Crippen MR) is 143 cm³/mol. The fourth-order valence-electron chi connectivity index (χ4n) is 3.76. The van der Waals surface area contributed by atoms with Crippen molar-refractivity contribution in [2.24, 2.45) is 0 Å². The zero-order chi connectivity index (χ0) is 25.2. The van der Waals surface area contributed by atoms with Gasteiger partial charge in [0.1, 0.15) is 11.8 Å². The molecule has 3 rings (SSSR count). The van der Waals surface area contributed by atoms with Crippen molar-refractivity contribution in [1.82, 2.24) is 10.2 Å². The number of nitrogens with zero attached hydrogens (tertiary/aromatic N) is 1. The Balaban J connectivity index is 1.91. The smallest absolute Gasteiger partial charge is 0.261 e. The second kappa shape index (κ2) is 13.1. The molecule has 3 aromatic carbocycles. The van der Waals surface area contributed by atoms with Crippen LogP contribution >= 0.6 is 15.9 Å². The van der Waals surface area contributed by atoms with Crippen LogP contribution < -0.4 is 10.1 Å². The maximum Gasteiger partial charge on any atom is 0.261 e. The highest BCUT2D eigenvalue weighted by molar-refractivity contribution is 9.10. The molecule has 0 aliphatic heterocycles. The van der Waals surface area contributed by atoms with Gasteiger partial charge in [-0.3, -0.25) is 9.59 Å². The van der Waals surface area contributed by atoms with Gasteiger partial charge in [-0.05, 0) is 61.2 Å². The number of aryl methyl sites for hydroxylation is 1. The minimum atomic E-state index is -0.681. The van der Waals surface area contributed by atoms with E-state index in [2.05, 4.69) is 21.2 Å². The summed E-state index contributed by atoms with van der Waals surface area (Å²) >= 11 is 3.51. The third-order valence-corrected chi connectivity index (χ3v) is 6.36. The Kier molecular flexibility index (Phi) is 9.91. The van der Waals surface area contributed by atoms with E-state index in [1.54, 1.807) is 4.90 Å². The van der Waals surface area contributed by atoms with E-state index in [-0.39, 0.29) is 24.5 Å². The lowest BCUT2D eigenvalue weighted by Gasteiger charge is -2.32. The van der Waals surface area contributed by atoms with Gasteiger partial charge < -0.3 is 15.0 Å². The average molecular weight is 537 g/mol. The minimum absolute atomic E-state index is 0.00661. The van der Waals surface area contributed by atoms with Gasteiger partial charge in [-0.25, -0.2) is 0 Å². The lowest BCUT2D eigenvalue weighted by atomic mass is 10.0. The zero-order valence-electron chi connectivity index (χ0n) is 20.5. The summed E-state index contributed by atoms with van der Waals surface area (Å²) in [6.45, 7) is 6.11. The number of hydrogen-bond acceptors (Lipinski definition) is 3. The Morgan fingerprint density at radius 2 is 1.69 bits per heavy atom. The first-order chi connectivity index (χ1) is 16.9. The molecule has 0 saturated heterocycles. The third kappa shape index (κ3) is 8.25. The lowest BCUT2D eigenvalue weighted by Crippen LogP contribution is -2.53. The Hall–Kier alpha value is -3.12. The summed E-state index contributed by atoms with van der Waals surface area (Å²) in [7, 11) is 0. The van der Waals surface area contributed by atoms with E-state index in [0.717, 1.165) is 27.6 Å². The van der Waals surface area contributed by atoms with Gasteiger partial charge in [0.25, 0.3) is 5.91 Å². The normalized spacial score (nSPS) is 12.5. The van der Waals surface area contributed by atoms with Crippen LogP contribution in [-0.4, -0.2) is 35.4 Å². The van der Waals surface area contributed by atoms with Gasteiger partial charge in [0.2, 0.25) is 5.91 Å². The highest BCUT2D eigenvalue weighted by atomic mass is 79.9. The zero-order valence-corrected chi connectivity index (χ0v) is 22.1. The Morgan fingerprint density at radius 1 is 0.971 bits per heavy atom. The van der Waals surface area contributed by atoms with Gasteiger partial charge in [-0.2, -0.15) is 0 Å². The predicted octanol–water partition coefficient (Wildman–Crippen LogP) is 5.69. The molecule has 2 atom stereocenters. The lowest BCUT2D eigenvalue weighted by molar-refractivity contribution is -0.143. The Bertz CT molecular complexity index is 1120. The van der Waals surface area contributed by atoms with Crippen LogP contribution in [0.3, 0.4) is 0 Å². The van der Waals surface area contributed by atoms with Crippen molar-refractivity contribution in [3.05, 3.63) is 100 Å². The summed E-state index contributed by atoms with van der Waals surface area (Å²) in [5.41, 5.74) is 2.97. The van der Waals surface area contributed by atoms with E-state index >= 15 is 0 Å². The number of benzene rings is 3. The van der Waals surface area contributed by atoms with Crippen molar-refractivity contribution in [2.75, 3.05) is 6.61 Å². The van der Waals surface area contributed by atoms with Gasteiger partial charge >= 0.3 is 0 Å². The summed E-state index contributed by atoms with van der Waals surface area (Å²) in [5.74, 6) is 0.221. The second-order valence-electron chi connectivity index (χ2n) is 8.78. The maximum atomic E-state index is 13.6. The van der Waals surface area contributed by atoms with Crippen LogP contribution in [-0.2, 0) is 22.6 Å². The van der Waals surface area contributed by atoms with Crippen LogP contribution in [0.2, 0.25) is 0 Å². The molecule has 5 nitrogen and oxygen atoms in total. The van der Waals surface area contributed by atoms with E-state index in [0.29, 0.717) is 18.7 Å². The van der Waals surface area contributed by atoms with Crippen molar-refractivity contribution < 1.29 is 14.3 Å². The van der Waals surface area contributed by atoms with E-state index in [9.17, 15) is 9.59 Å². The summed E-state index contributed by atoms with van der Waals surface area (Å²) in [6, 6.07) is 24.5. The molecule has 3 aromatic rings. The van der Waals surface area contributed by atoms with Crippen molar-refractivity contribution >= 4 is 27.7 Å². The molecule has 0 aromatic heterocycles. The number of amides is 2. The molecular formula is C29H33BrN2O3. The fourth-order valence-corrected chi connectivity index (χ4v) is 4.21. The number of carbonyl (C=O) groups is 2. The highest BCUT2D eigenvalue weighted by Gasteiger charge is 2.31. The molecule has 0 radical (unpaired) electrons. The molecular weight excluding hydrogens is 504 g/mol. The number of nitrogens with one attached hydrogen (secondary N) is 1. The number of halogens is 1. The summed E-state index contributed by atoms with van der Waals surface area (Å²) in [6.07, 6.45) is 1.22. The van der Waals surface area contributed by atoms with Crippen molar-refractivity contribution in [2.45, 2.75) is 52.2 Å². The van der Waals surface area contributed by atoms with Gasteiger partial charge in [0, 0.05) is 23.5 Å². The standard InChI is InChI=1S/C29H33BrN2O3/c1-4-22(3)31-29(34)27(18-23-11-6-5-7-12-23)32(19-24-13-9-14-25(30)17-24)28(33)20-35-26-15-8-10-21(2)16-26/h5-17,22,27H,4,18-20H2,1-3H3,(H,31,34)/t22-,27+/m0/s1. The molecule has 6 heteroatoms. The molecule has 0 spiro atoms. The molecule has 0 bridgehead atoms. The Morgan fingerprint density at radius 3 is 2.37 bits per heavy atom. The number of carbonyl (C=O) groups excluding carboxylic acids is 2. The number of ether oxygens (including phenoxy) is 1. The molecule has 0 fully saturated rings. The van der Waals surface area contributed by atoms with Gasteiger partial charge in [0.05, 0.1) is 0 Å². The summed E-state index contributed by atoms with van der Waals surface area (Å²) in [4.78, 5) is 28.7. The SMILES string of the molecule is CC[C@H](C)NC(=O)[C@@H](Cc1ccccc1)N(Cc1cccc(Br)c1)C(=O)COc1cccc(C)c1. The Labute approximate surface area is 216 Å². The van der Waals surface area contributed by atoms with Gasteiger partial charge in [0.15, 0.2) is 6.61 Å². The van der Waals surface area contributed by atoms with Crippen molar-refractivity contribution in [3.8, 4) is 5.75 Å². The van der Waals surface area contributed by atoms with E-state index in [1.807, 2.05) is 99.6 Å². The third-order valence-electron chi connectivity index (χ3n) is 5.87. The molecule has 0 aliphatic carbocycles. The first-order valence-electron chi connectivity index (χ1n) is 11.9. The fraction of sp³-hybridized carbons (Fsp3) is 0.310. The molecule has 0 heterocycles. The molecule has 184 valence electrons. The van der Waals surface area contributed by atoms with Crippen LogP contribution in [0.4, 0.5) is 0 Å². The largest absolute Gasteiger partial charge is 0.484 e. The number of hydrogen-bond donors (Lipinski definition) is 1. The maximum absolute atomic E-state index is 13.6. The molecule has 0 saturated carbocycles. The van der Waals surface area contributed by atoms with Crippen LogP contribution in [0.1, 0.15) is 37.0 Å². The van der Waals surface area contributed by atoms with Gasteiger partial charge in [-0.15, -0.1) is 0 Å². The first kappa shape index (κ1) is 26.5. The average Bonchev–Trinajstić information content (AvgIpc) is 2.85. The van der Waals surface area contributed by atoms with E-state index in [4.69, 9.17) is 4.74 Å².